The predicted molar refractivity (Wildman–Crippen MR) is 67.6 cm³/mol. The van der Waals surface area contributed by atoms with Gasteiger partial charge in [0, 0.05) is 18.2 Å². The maximum atomic E-state index is 12.4. The minimum Gasteiger partial charge on any atom is -0.480 e. The molecule has 2 rings (SSSR count). The summed E-state index contributed by atoms with van der Waals surface area (Å²) in [6, 6.07) is 4.26. The minimum absolute atomic E-state index is 0.264. The zero-order valence-electron chi connectivity index (χ0n) is 10.3. The van der Waals surface area contributed by atoms with Gasteiger partial charge in [0.15, 0.2) is 0 Å². The molecule has 0 aliphatic heterocycles. The first-order valence-electron chi connectivity index (χ1n) is 5.80. The van der Waals surface area contributed by atoms with Crippen LogP contribution >= 0.6 is 0 Å². The molecular weight excluding hydrogens is 288 g/mol. The van der Waals surface area contributed by atoms with Gasteiger partial charge in [-0.2, -0.15) is 4.31 Å². The van der Waals surface area contributed by atoms with Crippen molar-refractivity contribution in [1.82, 2.24) is 4.31 Å². The van der Waals surface area contributed by atoms with Crippen molar-refractivity contribution >= 4 is 21.7 Å². The molecule has 0 amide bonds. The number of rotatable bonds is 6. The van der Waals surface area contributed by atoms with Crippen LogP contribution in [0.4, 0.5) is 5.69 Å². The van der Waals surface area contributed by atoms with Crippen molar-refractivity contribution in [1.29, 1.82) is 0 Å². The molecule has 0 heterocycles. The summed E-state index contributed by atoms with van der Waals surface area (Å²) < 4.78 is 25.6. The van der Waals surface area contributed by atoms with E-state index < -0.39 is 27.5 Å². The molecule has 0 unspecified atom stereocenters. The molecule has 1 aromatic rings. The van der Waals surface area contributed by atoms with Crippen LogP contribution in [-0.2, 0) is 14.8 Å². The average Bonchev–Trinajstić information content (AvgIpc) is 3.20. The molecule has 1 fully saturated rings. The Labute approximate surface area is 114 Å². The van der Waals surface area contributed by atoms with Crippen molar-refractivity contribution in [2.24, 2.45) is 0 Å². The summed E-state index contributed by atoms with van der Waals surface area (Å²) in [7, 11) is -4.04. The smallest absolute Gasteiger partial charge is 0.318 e. The summed E-state index contributed by atoms with van der Waals surface area (Å²) in [6.45, 7) is -0.643. The highest BCUT2D eigenvalue weighted by Gasteiger charge is 2.39. The molecule has 0 aromatic heterocycles. The van der Waals surface area contributed by atoms with Crippen molar-refractivity contribution in [3.8, 4) is 0 Å². The molecule has 8 nitrogen and oxygen atoms in total. The Morgan fingerprint density at radius 2 is 2.10 bits per heavy atom. The van der Waals surface area contributed by atoms with Gasteiger partial charge in [-0.25, -0.2) is 8.42 Å². The Bertz CT molecular complexity index is 653. The number of hydrogen-bond acceptors (Lipinski definition) is 5. The summed E-state index contributed by atoms with van der Waals surface area (Å²) in [5, 5.41) is 19.5. The SMILES string of the molecule is O=C(O)CN(C1CC1)S(=O)(=O)c1cccc([N+](=O)[O-])c1. The van der Waals surface area contributed by atoms with E-state index in [0.29, 0.717) is 12.8 Å². The third-order valence-electron chi connectivity index (χ3n) is 2.88. The van der Waals surface area contributed by atoms with Gasteiger partial charge in [0.2, 0.25) is 10.0 Å². The number of nitro benzene ring substituents is 1. The molecule has 108 valence electrons. The molecule has 1 aliphatic carbocycles. The first-order chi connectivity index (χ1) is 9.32. The molecule has 0 bridgehead atoms. The van der Waals surface area contributed by atoms with Gasteiger partial charge in [-0.3, -0.25) is 14.9 Å². The van der Waals surface area contributed by atoms with E-state index in [9.17, 15) is 23.3 Å². The fraction of sp³-hybridized carbons (Fsp3) is 0.364. The van der Waals surface area contributed by atoms with E-state index in [0.717, 1.165) is 10.4 Å². The number of nitrogens with zero attached hydrogens (tertiary/aromatic N) is 2. The summed E-state index contributed by atoms with van der Waals surface area (Å²) >= 11 is 0. The standard InChI is InChI=1S/C11H12N2O6S/c14-11(15)7-12(8-4-5-8)20(18,19)10-3-1-2-9(6-10)13(16)17/h1-3,6,8H,4-5,7H2,(H,14,15). The number of carboxylic acid groups (broad SMARTS) is 1. The van der Waals surface area contributed by atoms with Gasteiger partial charge in [0.05, 0.1) is 9.82 Å². The van der Waals surface area contributed by atoms with Crippen LogP contribution in [0.1, 0.15) is 12.8 Å². The van der Waals surface area contributed by atoms with E-state index >= 15 is 0 Å². The summed E-state index contributed by atoms with van der Waals surface area (Å²) in [4.78, 5) is 20.5. The first-order valence-corrected chi connectivity index (χ1v) is 7.24. The van der Waals surface area contributed by atoms with Crippen LogP contribution in [0.2, 0.25) is 0 Å². The van der Waals surface area contributed by atoms with Gasteiger partial charge >= 0.3 is 5.97 Å². The number of carboxylic acids is 1. The van der Waals surface area contributed by atoms with Crippen LogP contribution in [-0.4, -0.2) is 41.3 Å². The second-order valence-corrected chi connectivity index (χ2v) is 6.32. The highest BCUT2D eigenvalue weighted by Crippen LogP contribution is 2.32. The molecule has 1 aliphatic rings. The number of sulfonamides is 1. The Kier molecular flexibility index (Phi) is 3.73. The van der Waals surface area contributed by atoms with Gasteiger partial charge in [0.25, 0.3) is 5.69 Å². The topological polar surface area (TPSA) is 118 Å². The molecule has 0 spiro atoms. The maximum Gasteiger partial charge on any atom is 0.318 e. The lowest BCUT2D eigenvalue weighted by Crippen LogP contribution is -2.37. The number of carbonyl (C=O) groups is 1. The molecule has 0 atom stereocenters. The molecule has 1 N–H and O–H groups in total. The average molecular weight is 300 g/mol. The van der Waals surface area contributed by atoms with E-state index in [1.807, 2.05) is 0 Å². The number of benzene rings is 1. The molecule has 1 aromatic carbocycles. The van der Waals surface area contributed by atoms with Crippen molar-refractivity contribution < 1.29 is 23.2 Å². The van der Waals surface area contributed by atoms with Crippen molar-refractivity contribution in [2.75, 3.05) is 6.54 Å². The predicted octanol–water partition coefficient (Wildman–Crippen LogP) is 0.833. The Morgan fingerprint density at radius 3 is 2.60 bits per heavy atom. The highest BCUT2D eigenvalue weighted by atomic mass is 32.2. The van der Waals surface area contributed by atoms with E-state index in [1.54, 1.807) is 0 Å². The number of hydrogen-bond donors (Lipinski definition) is 1. The van der Waals surface area contributed by atoms with Gasteiger partial charge in [-0.1, -0.05) is 6.07 Å². The van der Waals surface area contributed by atoms with Crippen LogP contribution in [0, 0.1) is 10.1 Å². The quantitative estimate of drug-likeness (QED) is 0.614. The van der Waals surface area contributed by atoms with Crippen molar-refractivity contribution in [2.45, 2.75) is 23.8 Å². The fourth-order valence-corrected chi connectivity index (χ4v) is 3.47. The van der Waals surface area contributed by atoms with Crippen LogP contribution in [0.15, 0.2) is 29.2 Å². The van der Waals surface area contributed by atoms with E-state index in [4.69, 9.17) is 5.11 Å². The zero-order chi connectivity index (χ0) is 14.9. The van der Waals surface area contributed by atoms with E-state index in [2.05, 4.69) is 0 Å². The maximum absolute atomic E-state index is 12.4. The Hall–Kier alpha value is -2.00. The number of non-ortho nitro benzene ring substituents is 1. The second kappa shape index (κ2) is 5.17. The monoisotopic (exact) mass is 300 g/mol. The van der Waals surface area contributed by atoms with Gasteiger partial charge < -0.3 is 5.11 Å². The Balaban J connectivity index is 2.39. The first kappa shape index (κ1) is 14.4. The fourth-order valence-electron chi connectivity index (χ4n) is 1.80. The highest BCUT2D eigenvalue weighted by molar-refractivity contribution is 7.89. The molecule has 20 heavy (non-hydrogen) atoms. The third-order valence-corrected chi connectivity index (χ3v) is 4.77. The number of aliphatic carboxylic acids is 1. The summed E-state index contributed by atoms with van der Waals surface area (Å²) in [5.41, 5.74) is -0.350. The molecule has 0 saturated heterocycles. The third kappa shape index (κ3) is 2.94. The van der Waals surface area contributed by atoms with Crippen LogP contribution in [0.5, 0.6) is 0 Å². The van der Waals surface area contributed by atoms with Crippen LogP contribution in [0.3, 0.4) is 0 Å². The summed E-state index contributed by atoms with van der Waals surface area (Å²) in [5.74, 6) is -1.26. The van der Waals surface area contributed by atoms with Crippen molar-refractivity contribution in [3.05, 3.63) is 34.4 Å². The lowest BCUT2D eigenvalue weighted by atomic mass is 10.3. The van der Waals surface area contributed by atoms with Gasteiger partial charge in [-0.15, -0.1) is 0 Å². The Morgan fingerprint density at radius 1 is 1.45 bits per heavy atom. The minimum atomic E-state index is -4.04. The van der Waals surface area contributed by atoms with Gasteiger partial charge in [0.1, 0.15) is 6.54 Å². The van der Waals surface area contributed by atoms with E-state index in [1.165, 1.54) is 18.2 Å². The molecular formula is C11H12N2O6S. The van der Waals surface area contributed by atoms with Crippen LogP contribution < -0.4 is 0 Å². The largest absolute Gasteiger partial charge is 0.480 e. The molecule has 1 saturated carbocycles. The van der Waals surface area contributed by atoms with Gasteiger partial charge in [-0.05, 0) is 18.9 Å². The number of nitro groups is 1. The van der Waals surface area contributed by atoms with Crippen LogP contribution in [0.25, 0.3) is 0 Å². The zero-order valence-corrected chi connectivity index (χ0v) is 11.1. The summed E-state index contributed by atoms with van der Waals surface area (Å²) in [6.07, 6.45) is 1.20. The van der Waals surface area contributed by atoms with Crippen molar-refractivity contribution in [3.63, 3.8) is 0 Å². The lowest BCUT2D eigenvalue weighted by molar-refractivity contribution is -0.385. The lowest BCUT2D eigenvalue weighted by Gasteiger charge is -2.19. The second-order valence-electron chi connectivity index (χ2n) is 4.43. The molecule has 9 heteroatoms. The van der Waals surface area contributed by atoms with E-state index in [-0.39, 0.29) is 16.6 Å². The normalized spacial score (nSPS) is 15.2. The molecule has 0 radical (unpaired) electrons.